The van der Waals surface area contributed by atoms with Crippen molar-refractivity contribution in [3.8, 4) is 0 Å². The Balaban J connectivity index is 1.76. The highest BCUT2D eigenvalue weighted by molar-refractivity contribution is 6.32. The molecule has 1 aliphatic rings. The molecule has 0 unspecified atom stereocenters. The predicted molar refractivity (Wildman–Crippen MR) is 74.2 cm³/mol. The maximum absolute atomic E-state index is 11.3. The van der Waals surface area contributed by atoms with Gasteiger partial charge in [0.2, 0.25) is 0 Å². The number of halogens is 1. The fourth-order valence-corrected chi connectivity index (χ4v) is 2.32. The van der Waals surface area contributed by atoms with Crippen molar-refractivity contribution in [3.63, 3.8) is 0 Å². The summed E-state index contributed by atoms with van der Waals surface area (Å²) in [5.74, 6) is 0. The largest absolute Gasteiger partial charge is 0.378 e. The number of fused-ring (bicyclic) bond motifs is 1. The van der Waals surface area contributed by atoms with E-state index in [4.69, 9.17) is 11.6 Å². The first-order chi connectivity index (χ1) is 9.24. The van der Waals surface area contributed by atoms with Gasteiger partial charge >= 0.3 is 0 Å². The maximum Gasteiger partial charge on any atom is 0.285 e. The van der Waals surface area contributed by atoms with Crippen LogP contribution >= 0.6 is 11.6 Å². The Morgan fingerprint density at radius 2 is 2.16 bits per heavy atom. The molecule has 19 heavy (non-hydrogen) atoms. The molecule has 0 radical (unpaired) electrons. The second-order valence-electron chi connectivity index (χ2n) is 4.49. The minimum Gasteiger partial charge on any atom is -0.378 e. The van der Waals surface area contributed by atoms with Crippen LogP contribution in [0.4, 0.5) is 5.69 Å². The first-order valence-corrected chi connectivity index (χ1v) is 6.40. The van der Waals surface area contributed by atoms with E-state index in [1.54, 1.807) is 0 Å². The Hall–Kier alpha value is -1.85. The lowest BCUT2D eigenvalue weighted by Gasteiger charge is -2.08. The number of nitrogens with zero attached hydrogens (tertiary/aromatic N) is 1. The van der Waals surface area contributed by atoms with Crippen molar-refractivity contribution in [2.45, 2.75) is 19.6 Å². The summed E-state index contributed by atoms with van der Waals surface area (Å²) >= 11 is 5.90. The number of rotatable bonds is 3. The van der Waals surface area contributed by atoms with E-state index in [2.05, 4.69) is 39.0 Å². The Morgan fingerprint density at radius 3 is 3.05 bits per heavy atom. The zero-order chi connectivity index (χ0) is 13.2. The van der Waals surface area contributed by atoms with Crippen molar-refractivity contribution in [2.24, 2.45) is 0 Å². The maximum atomic E-state index is 11.3. The van der Waals surface area contributed by atoms with Crippen LogP contribution in [-0.4, -0.2) is 10.2 Å². The zero-order valence-electron chi connectivity index (χ0n) is 10.2. The van der Waals surface area contributed by atoms with Gasteiger partial charge in [0.05, 0.1) is 11.9 Å². The standard InChI is InChI=1S/C13H13ClN4O/c14-12-11(7-17-18-13(12)19)16-4-8-1-2-9-5-15-6-10(9)3-8/h1-3,7,15H,4-6H2,(H2,16,18,19). The highest BCUT2D eigenvalue weighted by Crippen LogP contribution is 2.19. The third-order valence-corrected chi connectivity index (χ3v) is 3.56. The van der Waals surface area contributed by atoms with Gasteiger partial charge in [0.1, 0.15) is 5.02 Å². The van der Waals surface area contributed by atoms with Crippen LogP contribution in [0.2, 0.25) is 5.02 Å². The molecule has 98 valence electrons. The average Bonchev–Trinajstić information content (AvgIpc) is 2.88. The summed E-state index contributed by atoms with van der Waals surface area (Å²) < 4.78 is 0. The predicted octanol–water partition coefficient (Wildman–Crippen LogP) is 1.64. The van der Waals surface area contributed by atoms with E-state index in [0.29, 0.717) is 12.2 Å². The lowest BCUT2D eigenvalue weighted by molar-refractivity contribution is 0.764. The molecule has 6 heteroatoms. The fourth-order valence-electron chi connectivity index (χ4n) is 2.16. The van der Waals surface area contributed by atoms with E-state index in [1.807, 2.05) is 0 Å². The molecule has 0 fully saturated rings. The second-order valence-corrected chi connectivity index (χ2v) is 4.86. The van der Waals surface area contributed by atoms with E-state index in [9.17, 15) is 4.79 Å². The molecule has 5 nitrogen and oxygen atoms in total. The highest BCUT2D eigenvalue weighted by Gasteiger charge is 2.10. The molecule has 0 saturated heterocycles. The van der Waals surface area contributed by atoms with E-state index in [-0.39, 0.29) is 10.6 Å². The number of hydrogen-bond acceptors (Lipinski definition) is 4. The lowest BCUT2D eigenvalue weighted by Crippen LogP contribution is -2.11. The molecule has 3 rings (SSSR count). The van der Waals surface area contributed by atoms with Crippen LogP contribution in [0.1, 0.15) is 16.7 Å². The molecule has 0 aliphatic carbocycles. The molecule has 1 aliphatic heterocycles. The minimum atomic E-state index is -0.384. The third kappa shape index (κ3) is 2.47. The lowest BCUT2D eigenvalue weighted by atomic mass is 10.1. The third-order valence-electron chi connectivity index (χ3n) is 3.18. The minimum absolute atomic E-state index is 0.137. The van der Waals surface area contributed by atoms with Crippen LogP contribution < -0.4 is 16.2 Å². The van der Waals surface area contributed by atoms with Gasteiger partial charge in [-0.3, -0.25) is 4.79 Å². The monoisotopic (exact) mass is 276 g/mol. The van der Waals surface area contributed by atoms with Crippen LogP contribution in [0.25, 0.3) is 0 Å². The molecule has 0 spiro atoms. The van der Waals surface area contributed by atoms with Gasteiger partial charge in [0.25, 0.3) is 5.56 Å². The smallest absolute Gasteiger partial charge is 0.285 e. The van der Waals surface area contributed by atoms with Crippen molar-refractivity contribution >= 4 is 17.3 Å². The number of aromatic nitrogens is 2. The van der Waals surface area contributed by atoms with Gasteiger partial charge in [-0.25, -0.2) is 5.10 Å². The summed E-state index contributed by atoms with van der Waals surface area (Å²) in [6, 6.07) is 6.37. The topological polar surface area (TPSA) is 69.8 Å². The first kappa shape index (κ1) is 12.2. The van der Waals surface area contributed by atoms with E-state index >= 15 is 0 Å². The number of H-pyrrole nitrogens is 1. The molecule has 2 aromatic rings. The van der Waals surface area contributed by atoms with Crippen LogP contribution in [0, 0.1) is 0 Å². The van der Waals surface area contributed by atoms with Gasteiger partial charge in [0, 0.05) is 19.6 Å². The Labute approximate surface area is 115 Å². The Kier molecular flexibility index (Phi) is 3.23. The summed E-state index contributed by atoms with van der Waals surface area (Å²) in [4.78, 5) is 11.3. The van der Waals surface area contributed by atoms with Crippen molar-refractivity contribution in [1.82, 2.24) is 15.5 Å². The van der Waals surface area contributed by atoms with Crippen molar-refractivity contribution in [3.05, 3.63) is 56.5 Å². The van der Waals surface area contributed by atoms with Gasteiger partial charge in [-0.15, -0.1) is 0 Å². The molecule has 3 N–H and O–H groups in total. The molecular weight excluding hydrogens is 264 g/mol. The van der Waals surface area contributed by atoms with Crippen LogP contribution in [-0.2, 0) is 19.6 Å². The normalized spacial score (nSPS) is 13.3. The number of aromatic amines is 1. The SMILES string of the molecule is O=c1[nH]ncc(NCc2ccc3c(c2)CNC3)c1Cl. The van der Waals surface area contributed by atoms with E-state index in [1.165, 1.54) is 17.3 Å². The fraction of sp³-hybridized carbons (Fsp3) is 0.231. The van der Waals surface area contributed by atoms with Crippen molar-refractivity contribution < 1.29 is 0 Å². The van der Waals surface area contributed by atoms with Gasteiger partial charge < -0.3 is 10.6 Å². The van der Waals surface area contributed by atoms with E-state index < -0.39 is 0 Å². The number of benzene rings is 1. The van der Waals surface area contributed by atoms with Gasteiger partial charge in [0.15, 0.2) is 0 Å². The summed E-state index contributed by atoms with van der Waals surface area (Å²) in [5, 5.41) is 12.6. The second kappa shape index (κ2) is 5.03. The number of nitrogens with one attached hydrogen (secondary N) is 3. The highest BCUT2D eigenvalue weighted by atomic mass is 35.5. The Morgan fingerprint density at radius 1 is 1.32 bits per heavy atom. The zero-order valence-corrected chi connectivity index (χ0v) is 10.9. The van der Waals surface area contributed by atoms with Gasteiger partial charge in [-0.1, -0.05) is 29.8 Å². The van der Waals surface area contributed by atoms with Crippen LogP contribution in [0.15, 0.2) is 29.2 Å². The van der Waals surface area contributed by atoms with Gasteiger partial charge in [-0.2, -0.15) is 5.10 Å². The quantitative estimate of drug-likeness (QED) is 0.797. The van der Waals surface area contributed by atoms with Crippen molar-refractivity contribution in [2.75, 3.05) is 5.32 Å². The molecule has 0 atom stereocenters. The number of hydrogen-bond donors (Lipinski definition) is 3. The molecule has 0 bridgehead atoms. The summed E-state index contributed by atoms with van der Waals surface area (Å²) in [5.41, 5.74) is 3.99. The van der Waals surface area contributed by atoms with Gasteiger partial charge in [-0.05, 0) is 16.7 Å². The molecule has 0 saturated carbocycles. The summed E-state index contributed by atoms with van der Waals surface area (Å²) in [6.45, 7) is 2.46. The van der Waals surface area contributed by atoms with E-state index in [0.717, 1.165) is 18.7 Å². The Bertz CT molecular complexity index is 668. The molecule has 1 aromatic carbocycles. The molecule has 0 amide bonds. The summed E-state index contributed by atoms with van der Waals surface area (Å²) in [7, 11) is 0. The van der Waals surface area contributed by atoms with Crippen LogP contribution in [0.3, 0.4) is 0 Å². The molecule has 1 aromatic heterocycles. The number of anilines is 1. The molecular formula is C13H13ClN4O. The summed E-state index contributed by atoms with van der Waals surface area (Å²) in [6.07, 6.45) is 1.51. The average molecular weight is 277 g/mol. The van der Waals surface area contributed by atoms with Crippen molar-refractivity contribution in [1.29, 1.82) is 0 Å². The molecule has 2 heterocycles. The first-order valence-electron chi connectivity index (χ1n) is 6.02. The van der Waals surface area contributed by atoms with Crippen LogP contribution in [0.5, 0.6) is 0 Å².